The number of hydrogen-bond donors (Lipinski definition) is 1. The second kappa shape index (κ2) is 8.06. The summed E-state index contributed by atoms with van der Waals surface area (Å²) in [6.45, 7) is 7.80. The van der Waals surface area contributed by atoms with E-state index in [1.165, 1.54) is 41.7 Å². The fourth-order valence-electron chi connectivity index (χ4n) is 2.37. The van der Waals surface area contributed by atoms with Crippen LogP contribution < -0.4 is 10.0 Å². The Bertz CT molecular complexity index is 607. The van der Waals surface area contributed by atoms with Crippen molar-refractivity contribution in [1.82, 2.24) is 4.98 Å². The first-order valence-electron chi connectivity index (χ1n) is 7.73. The van der Waals surface area contributed by atoms with Gasteiger partial charge in [0.25, 0.3) is 0 Å². The summed E-state index contributed by atoms with van der Waals surface area (Å²) in [6, 6.07) is 8.24. The number of carbonyl (C=O) groups excluding carboxylic acids is 1. The van der Waals surface area contributed by atoms with Gasteiger partial charge >= 0.3 is 0 Å². The normalized spacial score (nSPS) is 12.3. The summed E-state index contributed by atoms with van der Waals surface area (Å²) < 4.78 is 0. The average molecular weight is 318 g/mol. The molecule has 1 heterocycles. The Kier molecular flexibility index (Phi) is 6.10. The van der Waals surface area contributed by atoms with Crippen LogP contribution in [0.4, 0.5) is 0 Å². The van der Waals surface area contributed by atoms with Gasteiger partial charge in [-0.05, 0) is 13.3 Å². The second-order valence-corrected chi connectivity index (χ2v) is 6.26. The zero-order valence-electron chi connectivity index (χ0n) is 13.1. The maximum absolute atomic E-state index is 10.8. The molecule has 0 aliphatic carbocycles. The summed E-state index contributed by atoms with van der Waals surface area (Å²) in [6.07, 6.45) is 2.49. The van der Waals surface area contributed by atoms with E-state index < -0.39 is 5.97 Å². The van der Waals surface area contributed by atoms with E-state index in [1.54, 1.807) is 4.90 Å². The molecule has 1 N–H and O–H groups in total. The number of quaternary nitrogens is 1. The maximum atomic E-state index is 10.8. The van der Waals surface area contributed by atoms with Crippen molar-refractivity contribution in [2.75, 3.05) is 13.1 Å². The molecule has 0 aliphatic rings. The lowest BCUT2D eigenvalue weighted by Crippen LogP contribution is -3.10. The molecule has 5 heteroatoms. The quantitative estimate of drug-likeness (QED) is 0.800. The molecule has 0 saturated heterocycles. The monoisotopic (exact) mass is 318 g/mol. The fourth-order valence-corrected chi connectivity index (χ4v) is 3.17. The third-order valence-corrected chi connectivity index (χ3v) is 4.64. The Morgan fingerprint density at radius 3 is 2.55 bits per heavy atom. The van der Waals surface area contributed by atoms with Crippen LogP contribution in [0.25, 0.3) is 10.6 Å². The molecule has 2 rings (SSSR count). The van der Waals surface area contributed by atoms with Crippen molar-refractivity contribution in [2.24, 2.45) is 0 Å². The van der Waals surface area contributed by atoms with Gasteiger partial charge in [-0.2, -0.15) is 0 Å². The molecule has 2 aromatic rings. The number of aromatic nitrogens is 1. The van der Waals surface area contributed by atoms with E-state index in [2.05, 4.69) is 31.0 Å². The molecular formula is C17H22N2O2S. The molecule has 0 bridgehead atoms. The van der Waals surface area contributed by atoms with Gasteiger partial charge in [-0.15, -0.1) is 11.3 Å². The van der Waals surface area contributed by atoms with E-state index in [0.717, 1.165) is 23.7 Å². The molecule has 0 amide bonds. The number of carboxylic acid groups (broad SMARTS) is 1. The van der Waals surface area contributed by atoms with E-state index in [1.807, 2.05) is 12.1 Å². The molecule has 1 aromatic heterocycles. The molecule has 1 unspecified atom stereocenters. The average Bonchev–Trinajstić information content (AvgIpc) is 3.02. The predicted molar refractivity (Wildman–Crippen MR) is 86.9 cm³/mol. The first kappa shape index (κ1) is 16.6. The lowest BCUT2D eigenvalue weighted by Gasteiger charge is -2.17. The highest BCUT2D eigenvalue weighted by atomic mass is 32.1. The maximum Gasteiger partial charge on any atom is 0.124 e. The van der Waals surface area contributed by atoms with Gasteiger partial charge in [0, 0.05) is 16.5 Å². The van der Waals surface area contributed by atoms with E-state index in [4.69, 9.17) is 0 Å². The minimum atomic E-state index is -1.22. The number of thiazole rings is 1. The van der Waals surface area contributed by atoms with Crippen LogP contribution >= 0.6 is 11.3 Å². The van der Waals surface area contributed by atoms with Gasteiger partial charge in [-0.25, -0.2) is 4.98 Å². The Hall–Kier alpha value is -1.72. The minimum Gasteiger partial charge on any atom is -0.543 e. The van der Waals surface area contributed by atoms with E-state index in [9.17, 15) is 9.90 Å². The molecule has 4 nitrogen and oxygen atoms in total. The van der Waals surface area contributed by atoms with Gasteiger partial charge in [-0.1, -0.05) is 37.6 Å². The summed E-state index contributed by atoms with van der Waals surface area (Å²) in [5, 5.41) is 13.0. The highest BCUT2D eigenvalue weighted by Crippen LogP contribution is 2.23. The molecule has 0 aliphatic heterocycles. The molecule has 0 spiro atoms. The molecule has 22 heavy (non-hydrogen) atoms. The topological polar surface area (TPSA) is 57.5 Å². The standard InChI is InChI=1S/C17H22N2O2S/c1-3-5-10-19(4-2)11-13-6-8-14(9-7-13)16-18-15(12-22-16)17(20)21/h6-9,12H,3-5,10-11H2,1-2H3,(H,20,21). The van der Waals surface area contributed by atoms with Gasteiger partial charge in [0.05, 0.1) is 24.8 Å². The summed E-state index contributed by atoms with van der Waals surface area (Å²) in [7, 11) is 0. The lowest BCUT2D eigenvalue weighted by molar-refractivity contribution is -0.912. The van der Waals surface area contributed by atoms with Crippen molar-refractivity contribution in [3.8, 4) is 10.6 Å². The molecular weight excluding hydrogens is 296 g/mol. The number of nitrogens with zero attached hydrogens (tertiary/aromatic N) is 1. The molecule has 1 aromatic carbocycles. The minimum absolute atomic E-state index is 0.00486. The molecule has 0 fully saturated rings. The first-order valence-corrected chi connectivity index (χ1v) is 8.61. The van der Waals surface area contributed by atoms with Gasteiger partial charge < -0.3 is 14.8 Å². The van der Waals surface area contributed by atoms with Crippen molar-refractivity contribution >= 4 is 17.3 Å². The Labute approximate surface area is 135 Å². The number of hydrogen-bond acceptors (Lipinski definition) is 4. The SMILES string of the molecule is CCCC[NH+](CC)Cc1ccc(-c2nc(C(=O)[O-])cs2)cc1. The molecule has 0 radical (unpaired) electrons. The Balaban J connectivity index is 2.04. The summed E-state index contributed by atoms with van der Waals surface area (Å²) in [4.78, 5) is 16.4. The number of carboxylic acids is 1. The van der Waals surface area contributed by atoms with Crippen molar-refractivity contribution < 1.29 is 14.8 Å². The number of aromatic carboxylic acids is 1. The second-order valence-electron chi connectivity index (χ2n) is 5.41. The number of unbranched alkanes of at least 4 members (excludes halogenated alkanes) is 1. The van der Waals surface area contributed by atoms with Crippen LogP contribution in [0.5, 0.6) is 0 Å². The van der Waals surface area contributed by atoms with Crippen LogP contribution in [0.15, 0.2) is 29.6 Å². The smallest absolute Gasteiger partial charge is 0.124 e. The van der Waals surface area contributed by atoms with Gasteiger partial charge in [-0.3, -0.25) is 0 Å². The predicted octanol–water partition coefficient (Wildman–Crippen LogP) is 1.38. The van der Waals surface area contributed by atoms with E-state index in [0.29, 0.717) is 0 Å². The molecule has 1 atom stereocenters. The van der Waals surface area contributed by atoms with E-state index >= 15 is 0 Å². The van der Waals surface area contributed by atoms with Crippen LogP contribution in [-0.4, -0.2) is 24.0 Å². The van der Waals surface area contributed by atoms with Crippen LogP contribution in [-0.2, 0) is 6.54 Å². The van der Waals surface area contributed by atoms with Crippen LogP contribution in [0.3, 0.4) is 0 Å². The first-order chi connectivity index (χ1) is 10.6. The number of nitrogens with one attached hydrogen (secondary N) is 1. The van der Waals surface area contributed by atoms with Crippen molar-refractivity contribution in [1.29, 1.82) is 0 Å². The highest BCUT2D eigenvalue weighted by molar-refractivity contribution is 7.13. The summed E-state index contributed by atoms with van der Waals surface area (Å²) in [5.74, 6) is -1.22. The molecule has 0 saturated carbocycles. The zero-order valence-corrected chi connectivity index (χ0v) is 13.9. The molecule has 118 valence electrons. The van der Waals surface area contributed by atoms with Crippen LogP contribution in [0, 0.1) is 0 Å². The number of rotatable bonds is 8. The van der Waals surface area contributed by atoms with Gasteiger partial charge in [0.15, 0.2) is 0 Å². The van der Waals surface area contributed by atoms with Crippen LogP contribution in [0.1, 0.15) is 42.7 Å². The largest absolute Gasteiger partial charge is 0.543 e. The lowest BCUT2D eigenvalue weighted by atomic mass is 10.1. The van der Waals surface area contributed by atoms with E-state index in [-0.39, 0.29) is 5.69 Å². The van der Waals surface area contributed by atoms with Crippen LogP contribution in [0.2, 0.25) is 0 Å². The summed E-state index contributed by atoms with van der Waals surface area (Å²) >= 11 is 1.33. The third-order valence-electron chi connectivity index (χ3n) is 3.75. The number of benzene rings is 1. The van der Waals surface area contributed by atoms with Crippen molar-refractivity contribution in [2.45, 2.75) is 33.2 Å². The zero-order chi connectivity index (χ0) is 15.9. The fraction of sp³-hybridized carbons (Fsp3) is 0.412. The van der Waals surface area contributed by atoms with Crippen molar-refractivity contribution in [3.05, 3.63) is 40.9 Å². The van der Waals surface area contributed by atoms with Gasteiger partial charge in [0.2, 0.25) is 0 Å². The number of carbonyl (C=O) groups is 1. The Morgan fingerprint density at radius 2 is 2.00 bits per heavy atom. The van der Waals surface area contributed by atoms with Crippen molar-refractivity contribution in [3.63, 3.8) is 0 Å². The Morgan fingerprint density at radius 1 is 1.27 bits per heavy atom. The third kappa shape index (κ3) is 4.39. The highest BCUT2D eigenvalue weighted by Gasteiger charge is 2.08. The van der Waals surface area contributed by atoms with Gasteiger partial charge in [0.1, 0.15) is 11.6 Å². The summed E-state index contributed by atoms with van der Waals surface area (Å²) in [5.41, 5.74) is 2.26.